The average Bonchev–Trinajstić information content (AvgIpc) is 2.46. The van der Waals surface area contributed by atoms with Crippen molar-refractivity contribution >= 4 is 0 Å². The van der Waals surface area contributed by atoms with Crippen molar-refractivity contribution in [3.8, 4) is 0 Å². The van der Waals surface area contributed by atoms with E-state index in [0.717, 1.165) is 32.0 Å². The molecule has 2 nitrogen and oxygen atoms in total. The summed E-state index contributed by atoms with van der Waals surface area (Å²) in [5, 5.41) is 10.5. The van der Waals surface area contributed by atoms with Gasteiger partial charge in [-0.15, -0.1) is 0 Å². The van der Waals surface area contributed by atoms with Crippen LogP contribution in [0.4, 0.5) is 0 Å². The van der Waals surface area contributed by atoms with Crippen molar-refractivity contribution in [2.45, 2.75) is 70.8 Å². The minimum atomic E-state index is -0.0996. The Morgan fingerprint density at radius 2 is 1.89 bits per heavy atom. The minimum absolute atomic E-state index is 0.0996. The second kappa shape index (κ2) is 7.49. The first-order chi connectivity index (χ1) is 8.81. The maximum atomic E-state index is 10.5. The lowest BCUT2D eigenvalue weighted by Crippen LogP contribution is -2.36. The second-order valence-corrected chi connectivity index (χ2v) is 6.39. The number of rotatable bonds is 5. The molecule has 18 heavy (non-hydrogen) atoms. The molecule has 2 fully saturated rings. The highest BCUT2D eigenvalue weighted by atomic mass is 16.5. The fraction of sp³-hybridized carbons (Fsp3) is 1.00. The quantitative estimate of drug-likeness (QED) is 0.809. The lowest BCUT2D eigenvalue weighted by atomic mass is 9.74. The molecule has 0 amide bonds. The van der Waals surface area contributed by atoms with Crippen LogP contribution in [0.25, 0.3) is 0 Å². The molecule has 0 aromatic heterocycles. The predicted molar refractivity (Wildman–Crippen MR) is 74.5 cm³/mol. The second-order valence-electron chi connectivity index (χ2n) is 6.39. The highest BCUT2D eigenvalue weighted by molar-refractivity contribution is 4.82. The van der Waals surface area contributed by atoms with Crippen LogP contribution in [0.5, 0.6) is 0 Å². The Hall–Kier alpha value is -0.0800. The van der Waals surface area contributed by atoms with Crippen molar-refractivity contribution in [3.05, 3.63) is 0 Å². The third kappa shape index (κ3) is 3.96. The van der Waals surface area contributed by atoms with Crippen molar-refractivity contribution < 1.29 is 9.84 Å². The highest BCUT2D eigenvalue weighted by Crippen LogP contribution is 2.36. The van der Waals surface area contributed by atoms with E-state index in [-0.39, 0.29) is 6.10 Å². The molecule has 1 heterocycles. The molecule has 2 aliphatic rings. The van der Waals surface area contributed by atoms with Crippen LogP contribution in [0.2, 0.25) is 0 Å². The van der Waals surface area contributed by atoms with Crippen LogP contribution in [0.15, 0.2) is 0 Å². The molecule has 1 saturated carbocycles. The molecule has 1 aliphatic heterocycles. The van der Waals surface area contributed by atoms with Gasteiger partial charge in [-0.2, -0.15) is 0 Å². The average molecular weight is 254 g/mol. The van der Waals surface area contributed by atoms with E-state index >= 15 is 0 Å². The summed E-state index contributed by atoms with van der Waals surface area (Å²) in [7, 11) is 0. The summed E-state index contributed by atoms with van der Waals surface area (Å²) < 4.78 is 5.51. The molecule has 2 atom stereocenters. The van der Waals surface area contributed by atoms with Gasteiger partial charge < -0.3 is 9.84 Å². The molecule has 0 radical (unpaired) electrons. The maximum absolute atomic E-state index is 10.5. The van der Waals surface area contributed by atoms with Crippen LogP contribution < -0.4 is 0 Å². The summed E-state index contributed by atoms with van der Waals surface area (Å²) in [5.41, 5.74) is 0. The molecule has 0 bridgehead atoms. The first-order valence-corrected chi connectivity index (χ1v) is 8.07. The number of aliphatic hydroxyl groups is 1. The molecular formula is C16H30O2. The van der Waals surface area contributed by atoms with Gasteiger partial charge in [0.15, 0.2) is 0 Å². The molecule has 1 aliphatic carbocycles. The topological polar surface area (TPSA) is 29.5 Å². The third-order valence-electron chi connectivity index (χ3n) is 5.02. The van der Waals surface area contributed by atoms with Crippen LogP contribution in [0.1, 0.15) is 64.7 Å². The summed E-state index contributed by atoms with van der Waals surface area (Å²) in [6.07, 6.45) is 11.5. The van der Waals surface area contributed by atoms with Gasteiger partial charge in [0, 0.05) is 12.5 Å². The zero-order valence-electron chi connectivity index (χ0n) is 11.9. The Labute approximate surface area is 112 Å². The number of hydrogen-bond donors (Lipinski definition) is 1. The van der Waals surface area contributed by atoms with E-state index in [1.165, 1.54) is 44.9 Å². The van der Waals surface area contributed by atoms with Crippen LogP contribution in [0.3, 0.4) is 0 Å². The fourth-order valence-electron chi connectivity index (χ4n) is 3.73. The molecule has 0 aromatic carbocycles. The van der Waals surface area contributed by atoms with E-state index in [1.54, 1.807) is 0 Å². The Kier molecular flexibility index (Phi) is 5.97. The first-order valence-electron chi connectivity index (χ1n) is 8.07. The standard InChI is InChI=1S/C16H30O2/c1-2-3-5-13-7-9-14(10-8-13)16(17)15-6-4-11-18-12-15/h13-17H,2-12H2,1H3. The molecule has 0 aromatic rings. The van der Waals surface area contributed by atoms with Gasteiger partial charge in [0.1, 0.15) is 0 Å². The Morgan fingerprint density at radius 1 is 1.11 bits per heavy atom. The Morgan fingerprint density at radius 3 is 2.50 bits per heavy atom. The molecule has 2 heteroatoms. The summed E-state index contributed by atoms with van der Waals surface area (Å²) in [4.78, 5) is 0. The van der Waals surface area contributed by atoms with Crippen LogP contribution in [0, 0.1) is 17.8 Å². The normalized spacial score (nSPS) is 35.3. The zero-order valence-corrected chi connectivity index (χ0v) is 11.9. The van der Waals surface area contributed by atoms with Crippen LogP contribution >= 0.6 is 0 Å². The Bertz CT molecular complexity index is 215. The highest BCUT2D eigenvalue weighted by Gasteiger charge is 2.32. The van der Waals surface area contributed by atoms with E-state index in [9.17, 15) is 5.11 Å². The van der Waals surface area contributed by atoms with Gasteiger partial charge in [-0.3, -0.25) is 0 Å². The molecule has 2 unspecified atom stereocenters. The van der Waals surface area contributed by atoms with Crippen molar-refractivity contribution in [1.29, 1.82) is 0 Å². The van der Waals surface area contributed by atoms with E-state index < -0.39 is 0 Å². The first kappa shape index (κ1) is 14.3. The monoisotopic (exact) mass is 254 g/mol. The van der Waals surface area contributed by atoms with Gasteiger partial charge in [0.05, 0.1) is 12.7 Å². The molecule has 2 rings (SSSR count). The summed E-state index contributed by atoms with van der Waals surface area (Å²) in [6.45, 7) is 3.96. The number of unbranched alkanes of at least 4 members (excludes halogenated alkanes) is 1. The van der Waals surface area contributed by atoms with Crippen molar-refractivity contribution in [2.75, 3.05) is 13.2 Å². The number of ether oxygens (including phenoxy) is 1. The van der Waals surface area contributed by atoms with Crippen LogP contribution in [-0.4, -0.2) is 24.4 Å². The SMILES string of the molecule is CCCCC1CCC(C(O)C2CCCOC2)CC1. The maximum Gasteiger partial charge on any atom is 0.0618 e. The van der Waals surface area contributed by atoms with Crippen molar-refractivity contribution in [3.63, 3.8) is 0 Å². The van der Waals surface area contributed by atoms with Gasteiger partial charge in [0.25, 0.3) is 0 Å². The van der Waals surface area contributed by atoms with Crippen molar-refractivity contribution in [2.24, 2.45) is 17.8 Å². The molecule has 1 N–H and O–H groups in total. The van der Waals surface area contributed by atoms with Gasteiger partial charge in [-0.05, 0) is 37.5 Å². The van der Waals surface area contributed by atoms with Crippen molar-refractivity contribution in [1.82, 2.24) is 0 Å². The molecule has 0 spiro atoms. The smallest absolute Gasteiger partial charge is 0.0618 e. The molecule has 1 saturated heterocycles. The largest absolute Gasteiger partial charge is 0.392 e. The molecular weight excluding hydrogens is 224 g/mol. The predicted octanol–water partition coefficient (Wildman–Crippen LogP) is 3.77. The lowest BCUT2D eigenvalue weighted by Gasteiger charge is -2.36. The van der Waals surface area contributed by atoms with E-state index in [2.05, 4.69) is 6.92 Å². The summed E-state index contributed by atoms with van der Waals surface area (Å²) in [6, 6.07) is 0. The van der Waals surface area contributed by atoms with E-state index in [4.69, 9.17) is 4.74 Å². The van der Waals surface area contributed by atoms with Crippen LogP contribution in [-0.2, 0) is 4.74 Å². The Balaban J connectivity index is 1.71. The summed E-state index contributed by atoms with van der Waals surface area (Å²) in [5.74, 6) is 1.90. The van der Waals surface area contributed by atoms with Gasteiger partial charge in [-0.25, -0.2) is 0 Å². The van der Waals surface area contributed by atoms with E-state index in [1.807, 2.05) is 0 Å². The lowest BCUT2D eigenvalue weighted by molar-refractivity contribution is -0.0427. The van der Waals surface area contributed by atoms with Gasteiger partial charge in [-0.1, -0.05) is 39.0 Å². The fourth-order valence-corrected chi connectivity index (χ4v) is 3.73. The molecule has 106 valence electrons. The number of hydrogen-bond acceptors (Lipinski definition) is 2. The zero-order chi connectivity index (χ0) is 12.8. The summed E-state index contributed by atoms with van der Waals surface area (Å²) >= 11 is 0. The van der Waals surface area contributed by atoms with Gasteiger partial charge in [0.2, 0.25) is 0 Å². The van der Waals surface area contributed by atoms with E-state index in [0.29, 0.717) is 11.8 Å². The number of aliphatic hydroxyl groups excluding tert-OH is 1. The third-order valence-corrected chi connectivity index (χ3v) is 5.02. The van der Waals surface area contributed by atoms with Gasteiger partial charge >= 0.3 is 0 Å². The minimum Gasteiger partial charge on any atom is -0.392 e.